The smallest absolute Gasteiger partial charge is 0.315 e. The van der Waals surface area contributed by atoms with Crippen molar-refractivity contribution in [3.05, 3.63) is 54.6 Å². The fraction of sp³-hybridized carbons (Fsp3) is 0.176. The third kappa shape index (κ3) is 5.70. The van der Waals surface area contributed by atoms with Gasteiger partial charge in [-0.05, 0) is 43.3 Å². The largest absolute Gasteiger partial charge is 0.466 e. The lowest BCUT2D eigenvalue weighted by Crippen LogP contribution is -2.18. The summed E-state index contributed by atoms with van der Waals surface area (Å²) >= 11 is 0. The van der Waals surface area contributed by atoms with Gasteiger partial charge in [0.25, 0.3) is 0 Å². The zero-order chi connectivity index (χ0) is 16.5. The van der Waals surface area contributed by atoms with Crippen molar-refractivity contribution in [2.75, 3.05) is 11.9 Å². The zero-order valence-electron chi connectivity index (χ0n) is 12.7. The number of hydrogen-bond donors (Lipinski definition) is 1. The van der Waals surface area contributed by atoms with Crippen LogP contribution < -0.4 is 5.32 Å². The highest BCUT2D eigenvalue weighted by Crippen LogP contribution is 2.20. The molecular formula is C17H17N3O3. The molecule has 0 aliphatic heterocycles. The van der Waals surface area contributed by atoms with Gasteiger partial charge in [0.1, 0.15) is 6.42 Å². The maximum absolute atomic E-state index is 11.6. The number of hydrogen-bond acceptors (Lipinski definition) is 5. The van der Waals surface area contributed by atoms with E-state index in [4.69, 9.17) is 4.74 Å². The summed E-state index contributed by atoms with van der Waals surface area (Å²) in [5.41, 5.74) is 2.01. The number of carbonyl (C=O) groups excluding carboxylic acids is 2. The number of ether oxygens (including phenoxy) is 1. The first kappa shape index (κ1) is 16.4. The van der Waals surface area contributed by atoms with Crippen molar-refractivity contribution < 1.29 is 14.3 Å². The minimum atomic E-state index is -0.543. The summed E-state index contributed by atoms with van der Waals surface area (Å²) < 4.78 is 4.72. The number of amides is 1. The van der Waals surface area contributed by atoms with Gasteiger partial charge in [0.15, 0.2) is 0 Å². The van der Waals surface area contributed by atoms with Gasteiger partial charge < -0.3 is 10.1 Å². The van der Waals surface area contributed by atoms with Crippen molar-refractivity contribution in [3.8, 4) is 0 Å². The van der Waals surface area contributed by atoms with E-state index >= 15 is 0 Å². The molecule has 2 aromatic rings. The normalized spacial score (nSPS) is 10.5. The predicted molar refractivity (Wildman–Crippen MR) is 86.9 cm³/mol. The second-order valence-electron chi connectivity index (χ2n) is 4.61. The summed E-state index contributed by atoms with van der Waals surface area (Å²) in [6, 6.07) is 16.2. The lowest BCUT2D eigenvalue weighted by Gasteiger charge is -2.05. The van der Waals surface area contributed by atoms with Gasteiger partial charge in [-0.15, -0.1) is 0 Å². The Bertz CT molecular complexity index is 682. The van der Waals surface area contributed by atoms with E-state index in [1.54, 1.807) is 31.2 Å². The van der Waals surface area contributed by atoms with Crippen molar-refractivity contribution >= 4 is 28.9 Å². The van der Waals surface area contributed by atoms with Crippen LogP contribution in [0.4, 0.5) is 17.1 Å². The second kappa shape index (κ2) is 8.43. The van der Waals surface area contributed by atoms with E-state index in [-0.39, 0.29) is 13.0 Å². The number of carbonyl (C=O) groups is 2. The molecule has 0 atom stereocenters. The molecule has 0 saturated carbocycles. The van der Waals surface area contributed by atoms with Crippen LogP contribution in [-0.2, 0) is 14.3 Å². The van der Waals surface area contributed by atoms with Crippen LogP contribution >= 0.6 is 0 Å². The first-order valence-electron chi connectivity index (χ1n) is 7.19. The summed E-state index contributed by atoms with van der Waals surface area (Å²) in [5, 5.41) is 10.8. The molecular weight excluding hydrogens is 294 g/mol. The highest BCUT2D eigenvalue weighted by Gasteiger charge is 2.10. The molecule has 1 amide bonds. The Balaban J connectivity index is 1.90. The second-order valence-corrected chi connectivity index (χ2v) is 4.61. The van der Waals surface area contributed by atoms with E-state index in [1.807, 2.05) is 30.3 Å². The number of nitrogens with zero attached hydrogens (tertiary/aromatic N) is 2. The molecule has 0 aliphatic carbocycles. The number of nitrogens with one attached hydrogen (secondary N) is 1. The molecule has 23 heavy (non-hydrogen) atoms. The quantitative estimate of drug-likeness (QED) is 0.497. The maximum atomic E-state index is 11.6. The maximum Gasteiger partial charge on any atom is 0.315 e. The molecule has 0 fully saturated rings. The molecule has 0 heterocycles. The SMILES string of the molecule is CCOC(=O)CC(=O)Nc1ccc(N=Nc2ccccc2)cc1. The van der Waals surface area contributed by atoms with Crippen molar-refractivity contribution in [2.24, 2.45) is 10.2 Å². The Morgan fingerprint density at radius 3 is 2.17 bits per heavy atom. The fourth-order valence-electron chi connectivity index (χ4n) is 1.77. The molecule has 0 aliphatic rings. The summed E-state index contributed by atoms with van der Waals surface area (Å²) in [5.74, 6) is -0.958. The zero-order valence-corrected chi connectivity index (χ0v) is 12.7. The Morgan fingerprint density at radius 1 is 0.957 bits per heavy atom. The number of azo groups is 1. The standard InChI is InChI=1S/C17H17N3O3/c1-2-23-17(22)12-16(21)18-13-8-10-15(11-9-13)20-19-14-6-4-3-5-7-14/h3-11H,2,12H2,1H3,(H,18,21). The van der Waals surface area contributed by atoms with Crippen LogP contribution in [-0.4, -0.2) is 18.5 Å². The van der Waals surface area contributed by atoms with Crippen LogP contribution in [0.2, 0.25) is 0 Å². The average Bonchev–Trinajstić information content (AvgIpc) is 2.55. The highest BCUT2D eigenvalue weighted by atomic mass is 16.5. The molecule has 2 aromatic carbocycles. The van der Waals surface area contributed by atoms with Gasteiger partial charge in [-0.2, -0.15) is 10.2 Å². The molecule has 0 aromatic heterocycles. The van der Waals surface area contributed by atoms with E-state index in [2.05, 4.69) is 15.5 Å². The third-order valence-electron chi connectivity index (χ3n) is 2.80. The van der Waals surface area contributed by atoms with Crippen molar-refractivity contribution in [1.82, 2.24) is 0 Å². The van der Waals surface area contributed by atoms with Gasteiger partial charge in [-0.1, -0.05) is 18.2 Å². The number of benzene rings is 2. The van der Waals surface area contributed by atoms with E-state index in [1.165, 1.54) is 0 Å². The third-order valence-corrected chi connectivity index (χ3v) is 2.80. The molecule has 0 saturated heterocycles. The van der Waals surface area contributed by atoms with Crippen LogP contribution in [0.5, 0.6) is 0 Å². The minimum Gasteiger partial charge on any atom is -0.466 e. The van der Waals surface area contributed by atoms with E-state index < -0.39 is 11.9 Å². The lowest BCUT2D eigenvalue weighted by molar-refractivity contribution is -0.145. The number of esters is 1. The van der Waals surface area contributed by atoms with E-state index in [0.29, 0.717) is 11.4 Å². The first-order chi connectivity index (χ1) is 11.2. The van der Waals surface area contributed by atoms with Crippen LogP contribution in [0.3, 0.4) is 0 Å². The van der Waals surface area contributed by atoms with Crippen LogP contribution in [0, 0.1) is 0 Å². The molecule has 0 bridgehead atoms. The number of rotatable bonds is 6. The molecule has 0 radical (unpaired) electrons. The molecule has 1 N–H and O–H groups in total. The Kier molecular flexibility index (Phi) is 5.99. The van der Waals surface area contributed by atoms with Gasteiger partial charge in [-0.25, -0.2) is 0 Å². The van der Waals surface area contributed by atoms with Gasteiger partial charge in [0.05, 0.1) is 18.0 Å². The summed E-state index contributed by atoms with van der Waals surface area (Å²) in [6.45, 7) is 1.95. The molecule has 0 unspecified atom stereocenters. The first-order valence-corrected chi connectivity index (χ1v) is 7.19. The van der Waals surface area contributed by atoms with Gasteiger partial charge in [-0.3, -0.25) is 9.59 Å². The van der Waals surface area contributed by atoms with Gasteiger partial charge >= 0.3 is 5.97 Å². The van der Waals surface area contributed by atoms with E-state index in [9.17, 15) is 9.59 Å². The minimum absolute atomic E-state index is 0.257. The fourth-order valence-corrected chi connectivity index (χ4v) is 1.77. The monoisotopic (exact) mass is 311 g/mol. The van der Waals surface area contributed by atoms with Gasteiger partial charge in [0.2, 0.25) is 5.91 Å². The average molecular weight is 311 g/mol. The lowest BCUT2D eigenvalue weighted by atomic mass is 10.2. The van der Waals surface area contributed by atoms with E-state index in [0.717, 1.165) is 5.69 Å². The Morgan fingerprint density at radius 2 is 1.57 bits per heavy atom. The summed E-state index contributed by atoms with van der Waals surface area (Å²) in [6.07, 6.45) is -0.302. The van der Waals surface area contributed by atoms with Crippen LogP contribution in [0.15, 0.2) is 64.8 Å². The van der Waals surface area contributed by atoms with Crippen LogP contribution in [0.1, 0.15) is 13.3 Å². The highest BCUT2D eigenvalue weighted by molar-refractivity contribution is 6.01. The molecule has 0 spiro atoms. The van der Waals surface area contributed by atoms with Crippen molar-refractivity contribution in [1.29, 1.82) is 0 Å². The molecule has 2 rings (SSSR count). The molecule has 118 valence electrons. The Labute approximate surface area is 134 Å². The number of anilines is 1. The van der Waals surface area contributed by atoms with Gasteiger partial charge in [0, 0.05) is 5.69 Å². The van der Waals surface area contributed by atoms with Crippen LogP contribution in [0.25, 0.3) is 0 Å². The summed E-state index contributed by atoms with van der Waals surface area (Å²) in [4.78, 5) is 22.8. The Hall–Kier alpha value is -3.02. The predicted octanol–water partition coefficient (Wildman–Crippen LogP) is 3.99. The molecule has 6 heteroatoms. The van der Waals surface area contributed by atoms with Crippen molar-refractivity contribution in [3.63, 3.8) is 0 Å². The summed E-state index contributed by atoms with van der Waals surface area (Å²) in [7, 11) is 0. The van der Waals surface area contributed by atoms with Crippen molar-refractivity contribution in [2.45, 2.75) is 13.3 Å². The molecule has 6 nitrogen and oxygen atoms in total. The topological polar surface area (TPSA) is 80.1 Å².